The summed E-state index contributed by atoms with van der Waals surface area (Å²) in [6.45, 7) is 2.06. The van der Waals surface area contributed by atoms with Gasteiger partial charge in [-0.3, -0.25) is 19.9 Å². The Morgan fingerprint density at radius 2 is 1.89 bits per heavy atom. The molecule has 0 fully saturated rings. The van der Waals surface area contributed by atoms with Crippen molar-refractivity contribution in [3.8, 4) is 33.9 Å². The Morgan fingerprint density at radius 3 is 2.76 bits per heavy atom. The summed E-state index contributed by atoms with van der Waals surface area (Å²) in [7, 11) is 0. The molecule has 0 saturated heterocycles. The summed E-state index contributed by atoms with van der Waals surface area (Å²) in [5, 5.41) is 11.4. The van der Waals surface area contributed by atoms with Gasteiger partial charge in [0, 0.05) is 35.3 Å². The van der Waals surface area contributed by atoms with E-state index >= 15 is 0 Å². The van der Waals surface area contributed by atoms with Gasteiger partial charge in [0.05, 0.1) is 28.6 Å². The molecule has 0 saturated carbocycles. The third-order valence-electron chi connectivity index (χ3n) is 6.40. The number of pyridine rings is 2. The Bertz CT molecular complexity index is 1790. The van der Waals surface area contributed by atoms with Gasteiger partial charge in [0.15, 0.2) is 5.82 Å². The van der Waals surface area contributed by atoms with Gasteiger partial charge in [-0.05, 0) is 48.4 Å². The van der Waals surface area contributed by atoms with Gasteiger partial charge in [0.2, 0.25) is 5.91 Å². The molecule has 188 valence electrons. The predicted molar refractivity (Wildman–Crippen MR) is 146 cm³/mol. The third kappa shape index (κ3) is 4.50. The standard InChI is InChI=1S/C29H24FN7O/c1-2-3-7-25(38)33-21-13-19(15-31-16-21)17-8-9-23-22(14-17)27(37-36-23)29-34-24-10-11-32-26(28(24)35-29)18-5-4-6-20(30)12-18/h4-6,8-16H,2-3,7H2,1H3,(H,33,38)(H,34,35)(H,36,37). The maximum atomic E-state index is 13.9. The van der Waals surface area contributed by atoms with Crippen LogP contribution >= 0.6 is 0 Å². The second-order valence-corrected chi connectivity index (χ2v) is 9.10. The van der Waals surface area contributed by atoms with Gasteiger partial charge in [-0.25, -0.2) is 9.37 Å². The number of anilines is 1. The minimum absolute atomic E-state index is 0.0182. The van der Waals surface area contributed by atoms with Crippen LogP contribution in [0.1, 0.15) is 26.2 Å². The van der Waals surface area contributed by atoms with E-state index in [-0.39, 0.29) is 11.7 Å². The number of carbonyl (C=O) groups is 1. The number of aromatic nitrogens is 6. The predicted octanol–water partition coefficient (Wildman–Crippen LogP) is 6.50. The first-order valence-electron chi connectivity index (χ1n) is 12.4. The monoisotopic (exact) mass is 505 g/mol. The van der Waals surface area contributed by atoms with E-state index < -0.39 is 0 Å². The van der Waals surface area contributed by atoms with Crippen LogP contribution in [-0.2, 0) is 4.79 Å². The fraction of sp³-hybridized carbons (Fsp3) is 0.138. The second-order valence-electron chi connectivity index (χ2n) is 9.10. The van der Waals surface area contributed by atoms with Crippen molar-refractivity contribution in [2.24, 2.45) is 0 Å². The molecule has 0 radical (unpaired) electrons. The average Bonchev–Trinajstić information content (AvgIpc) is 3.55. The van der Waals surface area contributed by atoms with E-state index in [9.17, 15) is 9.18 Å². The number of nitrogens with one attached hydrogen (secondary N) is 3. The normalized spacial score (nSPS) is 11.3. The number of hydrogen-bond donors (Lipinski definition) is 3. The fourth-order valence-corrected chi connectivity index (χ4v) is 4.50. The van der Waals surface area contributed by atoms with Crippen LogP contribution in [0.3, 0.4) is 0 Å². The Hall–Kier alpha value is -4.92. The smallest absolute Gasteiger partial charge is 0.224 e. The van der Waals surface area contributed by atoms with Crippen molar-refractivity contribution in [3.05, 3.63) is 79.0 Å². The van der Waals surface area contributed by atoms with Crippen LogP contribution < -0.4 is 5.32 Å². The first kappa shape index (κ1) is 23.5. The number of H-pyrrole nitrogens is 2. The molecule has 0 aliphatic heterocycles. The van der Waals surface area contributed by atoms with E-state index in [1.54, 1.807) is 24.7 Å². The number of hydrogen-bond acceptors (Lipinski definition) is 5. The zero-order chi connectivity index (χ0) is 26.1. The molecule has 1 amide bonds. The average molecular weight is 506 g/mol. The summed E-state index contributed by atoms with van der Waals surface area (Å²) in [5.74, 6) is 0.224. The second kappa shape index (κ2) is 9.85. The number of unbranched alkanes of at least 4 members (excludes halogenated alkanes) is 1. The lowest BCUT2D eigenvalue weighted by molar-refractivity contribution is -0.116. The highest BCUT2D eigenvalue weighted by Crippen LogP contribution is 2.33. The van der Waals surface area contributed by atoms with Gasteiger partial charge in [-0.2, -0.15) is 5.10 Å². The van der Waals surface area contributed by atoms with Gasteiger partial charge in [0.1, 0.15) is 17.0 Å². The van der Waals surface area contributed by atoms with Crippen LogP contribution in [0.4, 0.5) is 10.1 Å². The minimum atomic E-state index is -0.332. The number of benzene rings is 2. The number of fused-ring (bicyclic) bond motifs is 2. The first-order chi connectivity index (χ1) is 18.6. The zero-order valence-electron chi connectivity index (χ0n) is 20.6. The summed E-state index contributed by atoms with van der Waals surface area (Å²) in [4.78, 5) is 29.1. The number of nitrogens with zero attached hydrogens (tertiary/aromatic N) is 4. The summed E-state index contributed by atoms with van der Waals surface area (Å²) in [6.07, 6.45) is 7.38. The van der Waals surface area contributed by atoms with E-state index in [1.165, 1.54) is 12.1 Å². The van der Waals surface area contributed by atoms with Crippen LogP contribution in [0.2, 0.25) is 0 Å². The molecular weight excluding hydrogens is 481 g/mol. The zero-order valence-corrected chi connectivity index (χ0v) is 20.6. The molecule has 8 nitrogen and oxygen atoms in total. The molecule has 6 rings (SSSR count). The molecule has 3 N–H and O–H groups in total. The maximum absolute atomic E-state index is 13.9. The molecule has 0 aliphatic rings. The summed E-state index contributed by atoms with van der Waals surface area (Å²) < 4.78 is 13.9. The van der Waals surface area contributed by atoms with Gasteiger partial charge in [0.25, 0.3) is 0 Å². The topological polar surface area (TPSA) is 112 Å². The molecule has 4 aromatic heterocycles. The number of aromatic amines is 2. The summed E-state index contributed by atoms with van der Waals surface area (Å²) >= 11 is 0. The maximum Gasteiger partial charge on any atom is 0.224 e. The van der Waals surface area contributed by atoms with E-state index in [1.807, 2.05) is 36.4 Å². The third-order valence-corrected chi connectivity index (χ3v) is 6.40. The molecule has 0 aliphatic carbocycles. The number of imidazole rings is 1. The van der Waals surface area contributed by atoms with E-state index in [0.717, 1.165) is 40.4 Å². The summed E-state index contributed by atoms with van der Waals surface area (Å²) in [6, 6.07) is 16.0. The lowest BCUT2D eigenvalue weighted by Gasteiger charge is -2.07. The number of amides is 1. The molecule has 9 heteroatoms. The van der Waals surface area contributed by atoms with Crippen molar-refractivity contribution in [2.45, 2.75) is 26.2 Å². The number of rotatable bonds is 7. The van der Waals surface area contributed by atoms with Gasteiger partial charge < -0.3 is 10.3 Å². The fourth-order valence-electron chi connectivity index (χ4n) is 4.50. The molecule has 2 aromatic carbocycles. The van der Waals surface area contributed by atoms with Crippen LogP contribution in [-0.4, -0.2) is 36.0 Å². The van der Waals surface area contributed by atoms with Crippen molar-refractivity contribution in [1.29, 1.82) is 0 Å². The molecule has 0 atom stereocenters. The molecule has 38 heavy (non-hydrogen) atoms. The van der Waals surface area contributed by atoms with Crippen LogP contribution in [0.15, 0.2) is 73.2 Å². The van der Waals surface area contributed by atoms with Gasteiger partial charge in [-0.1, -0.05) is 31.5 Å². The number of carbonyl (C=O) groups excluding carboxylic acids is 1. The molecule has 0 spiro atoms. The Kier molecular flexibility index (Phi) is 6.09. The van der Waals surface area contributed by atoms with Crippen molar-refractivity contribution in [2.75, 3.05) is 5.32 Å². The quantitative estimate of drug-likeness (QED) is 0.229. The Labute approximate surface area is 217 Å². The van der Waals surface area contributed by atoms with Crippen molar-refractivity contribution >= 4 is 33.5 Å². The van der Waals surface area contributed by atoms with Crippen LogP contribution in [0.5, 0.6) is 0 Å². The first-order valence-corrected chi connectivity index (χ1v) is 12.4. The van der Waals surface area contributed by atoms with Crippen molar-refractivity contribution < 1.29 is 9.18 Å². The lowest BCUT2D eigenvalue weighted by Crippen LogP contribution is -2.11. The highest BCUT2D eigenvalue weighted by molar-refractivity contribution is 5.98. The number of halogens is 1. The van der Waals surface area contributed by atoms with Crippen LogP contribution in [0, 0.1) is 5.82 Å². The largest absolute Gasteiger partial charge is 0.336 e. The van der Waals surface area contributed by atoms with Crippen molar-refractivity contribution in [1.82, 2.24) is 30.1 Å². The van der Waals surface area contributed by atoms with E-state index in [0.29, 0.717) is 40.4 Å². The lowest BCUT2D eigenvalue weighted by atomic mass is 10.0. The van der Waals surface area contributed by atoms with Crippen LogP contribution in [0.25, 0.3) is 55.8 Å². The highest BCUT2D eigenvalue weighted by Gasteiger charge is 2.17. The molecule has 0 unspecified atom stereocenters. The highest BCUT2D eigenvalue weighted by atomic mass is 19.1. The Morgan fingerprint density at radius 1 is 0.974 bits per heavy atom. The summed E-state index contributed by atoms with van der Waals surface area (Å²) in [5.41, 5.74) is 6.61. The van der Waals surface area contributed by atoms with Crippen molar-refractivity contribution in [3.63, 3.8) is 0 Å². The minimum Gasteiger partial charge on any atom is -0.336 e. The van der Waals surface area contributed by atoms with E-state index in [4.69, 9.17) is 4.98 Å². The Balaban J connectivity index is 1.37. The van der Waals surface area contributed by atoms with E-state index in [2.05, 4.69) is 37.4 Å². The molecule has 0 bridgehead atoms. The van der Waals surface area contributed by atoms with Gasteiger partial charge in [-0.15, -0.1) is 0 Å². The molecular formula is C29H24FN7O. The molecule has 6 aromatic rings. The molecule has 4 heterocycles. The van der Waals surface area contributed by atoms with Gasteiger partial charge >= 0.3 is 0 Å². The SMILES string of the molecule is CCCCC(=O)Nc1cncc(-c2ccc3[nH]nc(-c4nc5c(-c6cccc(F)c6)nccc5[nH]4)c3c2)c1.